The highest BCUT2D eigenvalue weighted by Crippen LogP contribution is 2.39. The lowest BCUT2D eigenvalue weighted by Crippen LogP contribution is -2.33. The van der Waals surface area contributed by atoms with E-state index in [2.05, 4.69) is 5.32 Å². The number of amides is 1. The molecule has 1 amide bonds. The third-order valence-electron chi connectivity index (χ3n) is 5.96. The van der Waals surface area contributed by atoms with Crippen LogP contribution in [0.2, 0.25) is 0 Å². The van der Waals surface area contributed by atoms with E-state index in [9.17, 15) is 19.9 Å². The van der Waals surface area contributed by atoms with Gasteiger partial charge in [0.1, 0.15) is 0 Å². The number of anilines is 1. The van der Waals surface area contributed by atoms with Crippen molar-refractivity contribution >= 4 is 29.3 Å². The van der Waals surface area contributed by atoms with Gasteiger partial charge in [-0.25, -0.2) is 0 Å². The highest BCUT2D eigenvalue weighted by Gasteiger charge is 2.33. The Morgan fingerprint density at radius 3 is 2.63 bits per heavy atom. The number of carbonyl (C=O) groups excluding carboxylic acids is 2. The third kappa shape index (κ3) is 7.32. The van der Waals surface area contributed by atoms with Crippen LogP contribution >= 0.6 is 11.8 Å². The largest absolute Gasteiger partial charge is 0.618 e. The summed E-state index contributed by atoms with van der Waals surface area (Å²) in [4.78, 5) is 23.6. The van der Waals surface area contributed by atoms with Gasteiger partial charge in [-0.1, -0.05) is 48.2 Å². The van der Waals surface area contributed by atoms with E-state index in [1.165, 1.54) is 31.8 Å². The van der Waals surface area contributed by atoms with Crippen molar-refractivity contribution in [2.75, 3.05) is 11.1 Å². The Bertz CT molecular complexity index is 1250. The molecule has 9 nitrogen and oxygen atoms in total. The molecular formula is C28H30N2O7S. The molecule has 0 aliphatic carbocycles. The molecule has 1 saturated heterocycles. The number of hydrogen-bond donors (Lipinski definition) is 2. The summed E-state index contributed by atoms with van der Waals surface area (Å²) in [7, 11) is 0. The summed E-state index contributed by atoms with van der Waals surface area (Å²) in [6.07, 6.45) is -0.149. The summed E-state index contributed by atoms with van der Waals surface area (Å²) in [5, 5.41) is 24.8. The first-order valence-electron chi connectivity index (χ1n) is 12.2. The molecule has 0 radical (unpaired) electrons. The van der Waals surface area contributed by atoms with Gasteiger partial charge < -0.3 is 29.8 Å². The van der Waals surface area contributed by atoms with E-state index in [-0.39, 0.29) is 18.8 Å². The van der Waals surface area contributed by atoms with Crippen molar-refractivity contribution in [1.29, 1.82) is 0 Å². The molecule has 0 saturated carbocycles. The molecule has 3 aromatic rings. The Kier molecular flexibility index (Phi) is 9.35. The SMILES string of the molecule is CC(=O)OC(C)C(=O)Nc1cccc(C2OC(CSc3cccc[n+]3[O-])CC(c3ccc(CO)cc3)O2)c1. The maximum absolute atomic E-state index is 12.4. The van der Waals surface area contributed by atoms with Crippen LogP contribution in [0.4, 0.5) is 5.69 Å². The van der Waals surface area contributed by atoms with Crippen molar-refractivity contribution in [2.45, 2.75) is 56.5 Å². The van der Waals surface area contributed by atoms with E-state index in [1.807, 2.05) is 36.4 Å². The van der Waals surface area contributed by atoms with Crippen LogP contribution in [0.5, 0.6) is 0 Å². The van der Waals surface area contributed by atoms with Crippen LogP contribution in [0.15, 0.2) is 78.0 Å². The maximum atomic E-state index is 12.4. The van der Waals surface area contributed by atoms with Gasteiger partial charge in [0.05, 0.1) is 18.8 Å². The molecule has 0 spiro atoms. The zero-order valence-electron chi connectivity index (χ0n) is 21.1. The van der Waals surface area contributed by atoms with E-state index in [1.54, 1.807) is 30.3 Å². The average molecular weight is 539 g/mol. The van der Waals surface area contributed by atoms with Gasteiger partial charge >= 0.3 is 5.97 Å². The summed E-state index contributed by atoms with van der Waals surface area (Å²) < 4.78 is 18.5. The fourth-order valence-electron chi connectivity index (χ4n) is 4.03. The topological polar surface area (TPSA) is 121 Å². The number of pyridine rings is 1. The molecule has 1 aromatic heterocycles. The minimum Gasteiger partial charge on any atom is -0.618 e. The zero-order valence-corrected chi connectivity index (χ0v) is 21.9. The molecular weight excluding hydrogens is 508 g/mol. The lowest BCUT2D eigenvalue weighted by molar-refractivity contribution is -0.645. The van der Waals surface area contributed by atoms with Crippen molar-refractivity contribution < 1.29 is 33.6 Å². The smallest absolute Gasteiger partial charge is 0.303 e. The average Bonchev–Trinajstić information content (AvgIpc) is 2.92. The van der Waals surface area contributed by atoms with E-state index in [4.69, 9.17) is 14.2 Å². The second kappa shape index (κ2) is 12.9. The Labute approximate surface area is 225 Å². The normalized spacial score (nSPS) is 19.9. The molecule has 38 heavy (non-hydrogen) atoms. The van der Waals surface area contributed by atoms with Crippen LogP contribution in [-0.2, 0) is 30.4 Å². The molecule has 4 atom stereocenters. The van der Waals surface area contributed by atoms with Gasteiger partial charge in [-0.05, 0) is 36.2 Å². The second-order valence-electron chi connectivity index (χ2n) is 8.89. The number of thioether (sulfide) groups is 1. The molecule has 2 aromatic carbocycles. The van der Waals surface area contributed by atoms with Crippen LogP contribution in [0.3, 0.4) is 0 Å². The quantitative estimate of drug-likeness (QED) is 0.181. The standard InChI is InChI=1S/C28H30N2O7S/c1-18(35-19(2)32)27(33)29-23-7-5-6-22(14-23)28-36-24(17-38-26-8-3-4-13-30(26)34)15-25(37-28)21-11-9-20(16-31)10-12-21/h3-14,18,24-25,28,31H,15-17H2,1-2H3,(H,29,33). The number of hydrogen-bond acceptors (Lipinski definition) is 8. The van der Waals surface area contributed by atoms with Crippen molar-refractivity contribution in [2.24, 2.45) is 0 Å². The number of nitrogens with one attached hydrogen (secondary N) is 1. The van der Waals surface area contributed by atoms with Gasteiger partial charge in [0.2, 0.25) is 0 Å². The van der Waals surface area contributed by atoms with E-state index < -0.39 is 24.3 Å². The number of benzene rings is 2. The van der Waals surface area contributed by atoms with Crippen LogP contribution in [0.1, 0.15) is 49.4 Å². The van der Waals surface area contributed by atoms with E-state index >= 15 is 0 Å². The van der Waals surface area contributed by atoms with E-state index in [0.29, 0.717) is 28.5 Å². The number of aromatic nitrogens is 1. The lowest BCUT2D eigenvalue weighted by Gasteiger charge is -2.36. The van der Waals surface area contributed by atoms with Gasteiger partial charge in [0, 0.05) is 42.5 Å². The fraction of sp³-hybridized carbons (Fsp3) is 0.321. The number of carbonyl (C=O) groups is 2. The monoisotopic (exact) mass is 538 g/mol. The molecule has 4 unspecified atom stereocenters. The number of aliphatic hydroxyl groups is 1. The van der Waals surface area contributed by atoms with Gasteiger partial charge in [0.15, 0.2) is 18.6 Å². The predicted octanol–water partition coefficient (Wildman–Crippen LogP) is 4.04. The number of aliphatic hydroxyl groups excluding tert-OH is 1. The minimum absolute atomic E-state index is 0.0440. The second-order valence-corrected chi connectivity index (χ2v) is 9.93. The lowest BCUT2D eigenvalue weighted by atomic mass is 10.0. The molecule has 1 aliphatic rings. The molecule has 2 N–H and O–H groups in total. The summed E-state index contributed by atoms with van der Waals surface area (Å²) >= 11 is 1.41. The van der Waals surface area contributed by atoms with Crippen molar-refractivity contribution in [3.8, 4) is 0 Å². The maximum Gasteiger partial charge on any atom is 0.303 e. The molecule has 200 valence electrons. The number of nitrogens with zero attached hydrogens (tertiary/aromatic N) is 1. The third-order valence-corrected chi connectivity index (χ3v) is 7.11. The zero-order chi connectivity index (χ0) is 27.1. The molecule has 0 bridgehead atoms. The number of rotatable bonds is 9. The minimum atomic E-state index is -0.937. The molecule has 1 fully saturated rings. The number of ether oxygens (including phenoxy) is 3. The molecule has 2 heterocycles. The van der Waals surface area contributed by atoms with Gasteiger partial charge in [-0.3, -0.25) is 9.59 Å². The highest BCUT2D eigenvalue weighted by atomic mass is 32.2. The predicted molar refractivity (Wildman–Crippen MR) is 141 cm³/mol. The summed E-state index contributed by atoms with van der Waals surface area (Å²) in [5.41, 5.74) is 2.97. The summed E-state index contributed by atoms with van der Waals surface area (Å²) in [5.74, 6) is -0.452. The first-order valence-corrected chi connectivity index (χ1v) is 13.2. The molecule has 1 aliphatic heterocycles. The highest BCUT2D eigenvalue weighted by molar-refractivity contribution is 7.99. The Morgan fingerprint density at radius 1 is 1.13 bits per heavy atom. The fourth-order valence-corrected chi connectivity index (χ4v) is 4.97. The van der Waals surface area contributed by atoms with E-state index in [0.717, 1.165) is 15.9 Å². The summed E-state index contributed by atoms with van der Waals surface area (Å²) in [6, 6.07) is 20.0. The Morgan fingerprint density at radius 2 is 1.92 bits per heavy atom. The van der Waals surface area contributed by atoms with Crippen LogP contribution < -0.4 is 10.0 Å². The molecule has 4 rings (SSSR count). The van der Waals surface area contributed by atoms with Crippen LogP contribution in [0.25, 0.3) is 0 Å². The van der Waals surface area contributed by atoms with Crippen LogP contribution in [0, 0.1) is 5.21 Å². The van der Waals surface area contributed by atoms with Crippen molar-refractivity contribution in [3.05, 3.63) is 94.8 Å². The van der Waals surface area contributed by atoms with Gasteiger partial charge in [0.25, 0.3) is 10.9 Å². The van der Waals surface area contributed by atoms with Gasteiger partial charge in [-0.2, -0.15) is 4.73 Å². The van der Waals surface area contributed by atoms with Crippen molar-refractivity contribution in [3.63, 3.8) is 0 Å². The Balaban J connectivity index is 1.53. The first kappa shape index (κ1) is 27.6. The van der Waals surface area contributed by atoms with Gasteiger partial charge in [-0.15, -0.1) is 0 Å². The van der Waals surface area contributed by atoms with Crippen molar-refractivity contribution in [1.82, 2.24) is 0 Å². The van der Waals surface area contributed by atoms with Crippen LogP contribution in [-0.4, -0.2) is 34.9 Å². The molecule has 10 heteroatoms. The Hall–Kier alpha value is -3.44. The number of esters is 1. The first-order chi connectivity index (χ1) is 18.3. The summed E-state index contributed by atoms with van der Waals surface area (Å²) in [6.45, 7) is 2.71.